The van der Waals surface area contributed by atoms with Gasteiger partial charge in [-0.15, -0.1) is 0 Å². The molecule has 10 N–H and O–H groups in total. The topological polar surface area (TPSA) is 245 Å². The predicted molar refractivity (Wildman–Crippen MR) is 88.6 cm³/mol. The maximum absolute atomic E-state index is 12.3. The molecule has 0 spiro atoms. The van der Waals surface area contributed by atoms with Crippen molar-refractivity contribution in [2.24, 2.45) is 17.2 Å². The fourth-order valence-electron chi connectivity index (χ4n) is 1.94. The van der Waals surface area contributed by atoms with Crippen LogP contribution in [0.5, 0.6) is 0 Å². The van der Waals surface area contributed by atoms with E-state index in [1.54, 1.807) is 0 Å². The van der Waals surface area contributed by atoms with Gasteiger partial charge >= 0.3 is 11.9 Å². The zero-order valence-electron chi connectivity index (χ0n) is 14.3. The van der Waals surface area contributed by atoms with Crippen LogP contribution in [-0.4, -0.2) is 63.9 Å². The molecule has 0 aliphatic rings. The highest BCUT2D eigenvalue weighted by Crippen LogP contribution is 2.03. The zero-order chi connectivity index (χ0) is 21.1. The number of rotatable bonds is 13. The van der Waals surface area contributed by atoms with Gasteiger partial charge in [-0.25, -0.2) is 4.79 Å². The summed E-state index contributed by atoms with van der Waals surface area (Å²) in [5, 5.41) is 22.1. The van der Waals surface area contributed by atoms with Crippen LogP contribution in [0.25, 0.3) is 0 Å². The number of carbonyl (C=O) groups excluding carboxylic acids is 4. The first kappa shape index (κ1) is 23.8. The molecule has 0 saturated carbocycles. The second-order valence-corrected chi connectivity index (χ2v) is 5.67. The van der Waals surface area contributed by atoms with Gasteiger partial charge in [-0.2, -0.15) is 0 Å². The molecule has 27 heavy (non-hydrogen) atoms. The second kappa shape index (κ2) is 11.4. The highest BCUT2D eigenvalue weighted by atomic mass is 16.4. The van der Waals surface area contributed by atoms with Crippen molar-refractivity contribution in [3.05, 3.63) is 0 Å². The van der Waals surface area contributed by atoms with E-state index in [1.165, 1.54) is 0 Å². The first-order valence-corrected chi connectivity index (χ1v) is 7.81. The molecule has 0 radical (unpaired) electrons. The monoisotopic (exact) mass is 389 g/mol. The van der Waals surface area contributed by atoms with Gasteiger partial charge in [0.1, 0.15) is 12.1 Å². The molecule has 13 nitrogen and oxygen atoms in total. The number of primary amides is 2. The van der Waals surface area contributed by atoms with Gasteiger partial charge in [0.25, 0.3) is 0 Å². The van der Waals surface area contributed by atoms with E-state index in [4.69, 9.17) is 27.4 Å². The summed E-state index contributed by atoms with van der Waals surface area (Å²) in [5.74, 6) is -6.27. The van der Waals surface area contributed by atoms with Crippen molar-refractivity contribution in [3.8, 4) is 0 Å². The Morgan fingerprint density at radius 1 is 0.778 bits per heavy atom. The molecule has 0 rings (SSSR count). The molecule has 0 fully saturated rings. The maximum atomic E-state index is 12.3. The van der Waals surface area contributed by atoms with Gasteiger partial charge in [0.2, 0.25) is 23.6 Å². The van der Waals surface area contributed by atoms with Crippen molar-refractivity contribution in [3.63, 3.8) is 0 Å². The van der Waals surface area contributed by atoms with E-state index in [0.29, 0.717) is 0 Å². The van der Waals surface area contributed by atoms with E-state index < -0.39 is 66.5 Å². The van der Waals surface area contributed by atoms with Crippen LogP contribution >= 0.6 is 0 Å². The van der Waals surface area contributed by atoms with Gasteiger partial charge in [0, 0.05) is 12.8 Å². The van der Waals surface area contributed by atoms with Gasteiger partial charge in [0.05, 0.1) is 12.5 Å². The number of carboxylic acids is 2. The summed E-state index contributed by atoms with van der Waals surface area (Å²) >= 11 is 0. The minimum atomic E-state index is -1.48. The molecule has 152 valence electrons. The Hall–Kier alpha value is -3.22. The number of carbonyl (C=O) groups is 6. The average Bonchev–Trinajstić information content (AvgIpc) is 2.53. The molecule has 0 unspecified atom stereocenters. The van der Waals surface area contributed by atoms with Crippen LogP contribution in [-0.2, 0) is 28.8 Å². The average molecular weight is 389 g/mol. The summed E-state index contributed by atoms with van der Waals surface area (Å²) in [4.78, 5) is 67.7. The molecular weight excluding hydrogens is 366 g/mol. The summed E-state index contributed by atoms with van der Waals surface area (Å²) in [6, 6.07) is -4.27. The van der Waals surface area contributed by atoms with Gasteiger partial charge in [-0.1, -0.05) is 0 Å². The first-order chi connectivity index (χ1) is 12.4. The third-order valence-electron chi connectivity index (χ3n) is 3.33. The van der Waals surface area contributed by atoms with Crippen molar-refractivity contribution in [2.45, 2.75) is 50.2 Å². The summed E-state index contributed by atoms with van der Waals surface area (Å²) < 4.78 is 0. The number of amides is 4. The molecule has 0 aromatic heterocycles. The van der Waals surface area contributed by atoms with Crippen molar-refractivity contribution >= 4 is 35.6 Å². The molecule has 3 atom stereocenters. The second-order valence-electron chi connectivity index (χ2n) is 5.67. The quantitative estimate of drug-likeness (QED) is 0.164. The van der Waals surface area contributed by atoms with Crippen molar-refractivity contribution in [1.82, 2.24) is 10.6 Å². The van der Waals surface area contributed by atoms with Crippen molar-refractivity contribution in [2.75, 3.05) is 0 Å². The standard InChI is InChI=1S/C14H23N5O8/c15-6(5-10(17)21)12(24)18-7(2-4-11(22)23)13(25)19-8(14(26)27)1-3-9(16)20/h6-8H,1-5,15H2,(H2,16,20)(H2,17,21)(H,18,24)(H,19,25)(H,22,23)(H,26,27)/t6-,7-,8-/m0/s1. The number of nitrogens with two attached hydrogens (primary N) is 3. The Labute approximate surface area is 153 Å². The Balaban J connectivity index is 5.12. The molecule has 13 heteroatoms. The summed E-state index contributed by atoms with van der Waals surface area (Å²) in [6.45, 7) is 0. The zero-order valence-corrected chi connectivity index (χ0v) is 14.3. The van der Waals surface area contributed by atoms with E-state index in [1.807, 2.05) is 0 Å². The summed E-state index contributed by atoms with van der Waals surface area (Å²) in [6.07, 6.45) is -1.99. The van der Waals surface area contributed by atoms with E-state index >= 15 is 0 Å². The van der Waals surface area contributed by atoms with Crippen LogP contribution in [0.3, 0.4) is 0 Å². The third kappa shape index (κ3) is 10.4. The fourth-order valence-corrected chi connectivity index (χ4v) is 1.94. The largest absolute Gasteiger partial charge is 0.481 e. The van der Waals surface area contributed by atoms with E-state index in [9.17, 15) is 28.8 Å². The van der Waals surface area contributed by atoms with Crippen LogP contribution in [0.2, 0.25) is 0 Å². The lowest BCUT2D eigenvalue weighted by Gasteiger charge is -2.22. The molecule has 0 aromatic carbocycles. The molecule has 0 aliphatic heterocycles. The van der Waals surface area contributed by atoms with Crippen LogP contribution < -0.4 is 27.8 Å². The molecule has 0 saturated heterocycles. The van der Waals surface area contributed by atoms with Gasteiger partial charge in [0.15, 0.2) is 0 Å². The fraction of sp³-hybridized carbons (Fsp3) is 0.571. The van der Waals surface area contributed by atoms with Crippen LogP contribution in [0.4, 0.5) is 0 Å². The van der Waals surface area contributed by atoms with Gasteiger partial charge in [-0.05, 0) is 12.8 Å². The lowest BCUT2D eigenvalue weighted by atomic mass is 10.1. The Morgan fingerprint density at radius 2 is 1.30 bits per heavy atom. The van der Waals surface area contributed by atoms with Gasteiger partial charge in [-0.3, -0.25) is 24.0 Å². The predicted octanol–water partition coefficient (Wildman–Crippen LogP) is -3.63. The highest BCUT2D eigenvalue weighted by Gasteiger charge is 2.28. The van der Waals surface area contributed by atoms with Crippen molar-refractivity contribution in [1.29, 1.82) is 0 Å². The molecule has 0 aliphatic carbocycles. The number of hydrogen-bond acceptors (Lipinski definition) is 7. The van der Waals surface area contributed by atoms with E-state index in [2.05, 4.69) is 10.6 Å². The van der Waals surface area contributed by atoms with Crippen molar-refractivity contribution < 1.29 is 39.0 Å². The molecular formula is C14H23N5O8. The Morgan fingerprint density at radius 3 is 1.74 bits per heavy atom. The number of hydrogen-bond donors (Lipinski definition) is 7. The normalized spacial score (nSPS) is 13.7. The molecule has 4 amide bonds. The van der Waals surface area contributed by atoms with E-state index in [0.717, 1.165) is 0 Å². The Kier molecular flexibility index (Phi) is 10.0. The number of carboxylic acid groups (broad SMARTS) is 2. The van der Waals surface area contributed by atoms with E-state index in [-0.39, 0.29) is 19.3 Å². The number of nitrogens with one attached hydrogen (secondary N) is 2. The molecule has 0 heterocycles. The smallest absolute Gasteiger partial charge is 0.326 e. The maximum Gasteiger partial charge on any atom is 0.326 e. The lowest BCUT2D eigenvalue weighted by molar-refractivity contribution is -0.143. The minimum absolute atomic E-state index is 0.294. The van der Waals surface area contributed by atoms with Gasteiger partial charge < -0.3 is 38.0 Å². The lowest BCUT2D eigenvalue weighted by Crippen LogP contribution is -2.55. The molecule has 0 bridgehead atoms. The minimum Gasteiger partial charge on any atom is -0.481 e. The van der Waals surface area contributed by atoms with Crippen LogP contribution in [0.15, 0.2) is 0 Å². The molecule has 0 aromatic rings. The highest BCUT2D eigenvalue weighted by molar-refractivity contribution is 5.93. The number of aliphatic carboxylic acids is 2. The first-order valence-electron chi connectivity index (χ1n) is 7.81. The summed E-state index contributed by atoms with van der Waals surface area (Å²) in [5.41, 5.74) is 15.3. The van der Waals surface area contributed by atoms with Crippen LogP contribution in [0.1, 0.15) is 32.1 Å². The SMILES string of the molecule is NC(=O)CC[C@H](NC(=O)[C@H](CCC(=O)O)NC(=O)[C@@H](N)CC(N)=O)C(=O)O. The Bertz CT molecular complexity index is 608. The summed E-state index contributed by atoms with van der Waals surface area (Å²) in [7, 11) is 0. The third-order valence-corrected chi connectivity index (χ3v) is 3.33. The van der Waals surface area contributed by atoms with Crippen LogP contribution in [0, 0.1) is 0 Å².